The number of carbonyl (C=O) groups excluding carboxylic acids is 2. The van der Waals surface area contributed by atoms with Gasteiger partial charge in [-0.25, -0.2) is 0 Å². The second-order valence-electron chi connectivity index (χ2n) is 8.10. The smallest absolute Gasteiger partial charge is 0.261 e. The molecule has 1 unspecified atom stereocenters. The van der Waals surface area contributed by atoms with Gasteiger partial charge in [0.25, 0.3) is 5.91 Å². The lowest BCUT2D eigenvalue weighted by atomic mass is 10.1. The summed E-state index contributed by atoms with van der Waals surface area (Å²) in [6.07, 6.45) is 1.91. The zero-order chi connectivity index (χ0) is 22.9. The van der Waals surface area contributed by atoms with E-state index in [4.69, 9.17) is 4.74 Å². The fourth-order valence-corrected chi connectivity index (χ4v) is 3.67. The molecule has 0 aliphatic heterocycles. The van der Waals surface area contributed by atoms with Gasteiger partial charge in [-0.3, -0.25) is 9.59 Å². The molecule has 0 bridgehead atoms. The molecule has 1 atom stereocenters. The van der Waals surface area contributed by atoms with Crippen LogP contribution in [0.2, 0.25) is 0 Å². The van der Waals surface area contributed by atoms with E-state index in [-0.39, 0.29) is 18.4 Å². The maximum atomic E-state index is 13.2. The topological polar surface area (TPSA) is 58.6 Å². The number of benzene rings is 3. The molecule has 3 rings (SSSR count). The van der Waals surface area contributed by atoms with Crippen LogP contribution in [0.3, 0.4) is 0 Å². The minimum absolute atomic E-state index is 0.133. The fourth-order valence-electron chi connectivity index (χ4n) is 3.67. The first-order valence-corrected chi connectivity index (χ1v) is 11.2. The summed E-state index contributed by atoms with van der Waals surface area (Å²) < 4.78 is 5.93. The predicted molar refractivity (Wildman–Crippen MR) is 129 cm³/mol. The van der Waals surface area contributed by atoms with E-state index in [9.17, 15) is 9.59 Å². The van der Waals surface area contributed by atoms with E-state index < -0.39 is 6.04 Å². The van der Waals surface area contributed by atoms with Crippen molar-refractivity contribution in [1.82, 2.24) is 10.2 Å². The van der Waals surface area contributed by atoms with Gasteiger partial charge in [0.1, 0.15) is 11.8 Å². The molecule has 2 amide bonds. The molecule has 32 heavy (non-hydrogen) atoms. The predicted octanol–water partition coefficient (Wildman–Crippen LogP) is 4.86. The number of nitrogens with one attached hydrogen (secondary N) is 1. The van der Waals surface area contributed by atoms with Gasteiger partial charge in [0, 0.05) is 18.5 Å². The van der Waals surface area contributed by atoms with Crippen molar-refractivity contribution in [2.45, 2.75) is 46.2 Å². The quantitative estimate of drug-likeness (QED) is 0.466. The van der Waals surface area contributed by atoms with Gasteiger partial charge in [-0.05, 0) is 37.3 Å². The maximum absolute atomic E-state index is 13.2. The van der Waals surface area contributed by atoms with Gasteiger partial charge in [0.05, 0.1) is 0 Å². The molecule has 0 spiro atoms. The van der Waals surface area contributed by atoms with Crippen molar-refractivity contribution in [3.8, 4) is 5.75 Å². The monoisotopic (exact) mass is 432 g/mol. The number of carbonyl (C=O) groups is 2. The molecular formula is C27H32N2O3. The number of aryl methyl sites for hydroxylation is 1. The van der Waals surface area contributed by atoms with E-state index in [0.29, 0.717) is 18.8 Å². The molecule has 5 heteroatoms. The Morgan fingerprint density at radius 3 is 2.56 bits per heavy atom. The molecule has 0 fully saturated rings. The lowest BCUT2D eigenvalue weighted by Crippen LogP contribution is -2.49. The number of nitrogens with zero attached hydrogens (tertiary/aromatic N) is 1. The van der Waals surface area contributed by atoms with Gasteiger partial charge in [0.15, 0.2) is 6.61 Å². The normalized spacial score (nSPS) is 11.7. The minimum Gasteiger partial charge on any atom is -0.483 e. The highest BCUT2D eigenvalue weighted by atomic mass is 16.5. The van der Waals surface area contributed by atoms with E-state index in [1.165, 1.54) is 0 Å². The zero-order valence-electron chi connectivity index (χ0n) is 19.1. The van der Waals surface area contributed by atoms with Gasteiger partial charge in [0.2, 0.25) is 5.91 Å². The number of fused-ring (bicyclic) bond motifs is 1. The molecular weight excluding hydrogens is 400 g/mol. The first-order valence-electron chi connectivity index (χ1n) is 11.2. The number of rotatable bonds is 10. The SMILES string of the molecule is CCCCNC(=O)C(C)N(Cc1cccc(C)c1)C(=O)COc1cccc2ccccc12. The van der Waals surface area contributed by atoms with Crippen LogP contribution < -0.4 is 10.1 Å². The van der Waals surface area contributed by atoms with Crippen LogP contribution in [0.5, 0.6) is 5.75 Å². The van der Waals surface area contributed by atoms with Crippen molar-refractivity contribution in [2.75, 3.05) is 13.2 Å². The van der Waals surface area contributed by atoms with E-state index in [1.807, 2.05) is 73.7 Å². The van der Waals surface area contributed by atoms with Gasteiger partial charge in [-0.15, -0.1) is 0 Å². The highest BCUT2D eigenvalue weighted by Gasteiger charge is 2.26. The van der Waals surface area contributed by atoms with Crippen LogP contribution in [0.25, 0.3) is 10.8 Å². The molecule has 5 nitrogen and oxygen atoms in total. The van der Waals surface area contributed by atoms with Crippen molar-refractivity contribution in [3.05, 3.63) is 77.9 Å². The Bertz CT molecular complexity index is 1060. The third kappa shape index (κ3) is 6.10. The molecule has 0 radical (unpaired) electrons. The highest BCUT2D eigenvalue weighted by molar-refractivity contribution is 5.90. The molecule has 1 N–H and O–H groups in total. The number of ether oxygens (including phenoxy) is 1. The zero-order valence-corrected chi connectivity index (χ0v) is 19.1. The molecule has 0 aliphatic carbocycles. The molecule has 0 heterocycles. The number of unbranched alkanes of at least 4 members (excludes halogenated alkanes) is 1. The van der Waals surface area contributed by atoms with Gasteiger partial charge < -0.3 is 15.0 Å². The maximum Gasteiger partial charge on any atom is 0.261 e. The Hall–Kier alpha value is -3.34. The Morgan fingerprint density at radius 1 is 1.03 bits per heavy atom. The second-order valence-corrected chi connectivity index (χ2v) is 8.10. The van der Waals surface area contributed by atoms with Crippen LogP contribution in [0, 0.1) is 6.92 Å². The van der Waals surface area contributed by atoms with Crippen molar-refractivity contribution < 1.29 is 14.3 Å². The van der Waals surface area contributed by atoms with Gasteiger partial charge in [-0.2, -0.15) is 0 Å². The van der Waals surface area contributed by atoms with Crippen molar-refractivity contribution in [1.29, 1.82) is 0 Å². The molecule has 0 saturated heterocycles. The van der Waals surface area contributed by atoms with Crippen molar-refractivity contribution >= 4 is 22.6 Å². The molecule has 0 aliphatic rings. The minimum atomic E-state index is -0.601. The first-order chi connectivity index (χ1) is 15.5. The lowest BCUT2D eigenvalue weighted by Gasteiger charge is -2.29. The van der Waals surface area contributed by atoms with Crippen LogP contribution in [0.15, 0.2) is 66.7 Å². The Labute approximate surface area is 190 Å². The lowest BCUT2D eigenvalue weighted by molar-refractivity contribution is -0.142. The average molecular weight is 433 g/mol. The Kier molecular flexibility index (Phi) is 8.26. The molecule has 3 aromatic rings. The molecule has 3 aromatic carbocycles. The Morgan fingerprint density at radius 2 is 1.78 bits per heavy atom. The highest BCUT2D eigenvalue weighted by Crippen LogP contribution is 2.25. The van der Waals surface area contributed by atoms with Crippen LogP contribution in [-0.4, -0.2) is 35.9 Å². The Balaban J connectivity index is 1.76. The molecule has 0 saturated carbocycles. The van der Waals surface area contributed by atoms with E-state index in [2.05, 4.69) is 12.2 Å². The standard InChI is InChI=1S/C27H32N2O3/c1-4-5-16-28-27(31)21(3)29(18-22-11-8-10-20(2)17-22)26(30)19-32-25-15-9-13-23-12-6-7-14-24(23)25/h6-15,17,21H,4-5,16,18-19H2,1-3H3,(H,28,31). The number of amides is 2. The summed E-state index contributed by atoms with van der Waals surface area (Å²) in [4.78, 5) is 27.6. The molecule has 0 aromatic heterocycles. The van der Waals surface area contributed by atoms with E-state index in [1.54, 1.807) is 11.8 Å². The number of hydrogen-bond donors (Lipinski definition) is 1. The van der Waals surface area contributed by atoms with Gasteiger partial charge >= 0.3 is 0 Å². The van der Waals surface area contributed by atoms with E-state index >= 15 is 0 Å². The summed E-state index contributed by atoms with van der Waals surface area (Å²) in [7, 11) is 0. The summed E-state index contributed by atoms with van der Waals surface area (Å²) in [5, 5.41) is 4.95. The van der Waals surface area contributed by atoms with E-state index in [0.717, 1.165) is 34.7 Å². The van der Waals surface area contributed by atoms with Gasteiger partial charge in [-0.1, -0.05) is 79.6 Å². The van der Waals surface area contributed by atoms with Crippen molar-refractivity contribution in [2.24, 2.45) is 0 Å². The third-order valence-corrected chi connectivity index (χ3v) is 5.53. The summed E-state index contributed by atoms with van der Waals surface area (Å²) >= 11 is 0. The third-order valence-electron chi connectivity index (χ3n) is 5.53. The summed E-state index contributed by atoms with van der Waals surface area (Å²) in [6, 6.07) is 21.1. The largest absolute Gasteiger partial charge is 0.483 e. The fraction of sp³-hybridized carbons (Fsp3) is 0.333. The summed E-state index contributed by atoms with van der Waals surface area (Å²) in [6.45, 7) is 6.69. The number of hydrogen-bond acceptors (Lipinski definition) is 3. The van der Waals surface area contributed by atoms with Crippen LogP contribution >= 0.6 is 0 Å². The van der Waals surface area contributed by atoms with Crippen molar-refractivity contribution in [3.63, 3.8) is 0 Å². The molecule has 168 valence electrons. The van der Waals surface area contributed by atoms with Crippen LogP contribution in [0.4, 0.5) is 0 Å². The second kappa shape index (κ2) is 11.3. The first kappa shape index (κ1) is 23.3. The van der Waals surface area contributed by atoms with Crippen LogP contribution in [-0.2, 0) is 16.1 Å². The summed E-state index contributed by atoms with van der Waals surface area (Å²) in [5.41, 5.74) is 2.10. The summed E-state index contributed by atoms with van der Waals surface area (Å²) in [5.74, 6) is 0.286. The average Bonchev–Trinajstić information content (AvgIpc) is 2.80. The van der Waals surface area contributed by atoms with Crippen LogP contribution in [0.1, 0.15) is 37.8 Å².